The van der Waals surface area contributed by atoms with E-state index >= 15 is 0 Å². The summed E-state index contributed by atoms with van der Waals surface area (Å²) in [6.07, 6.45) is 1.73. The van der Waals surface area contributed by atoms with Crippen molar-refractivity contribution in [3.8, 4) is 0 Å². The Kier molecular flexibility index (Phi) is 6.86. The summed E-state index contributed by atoms with van der Waals surface area (Å²) in [4.78, 5) is 24.9. The standard InChI is InChI=1S/C25H24N2O5S/c28-24(26-22-6-2-1-3-7-22)20-10-8-19(9-11-20)18-32-25(29)21-12-14-23(15-13-21)33(30,31)27-16-4-5-17-27/h1-3,6-15H,4-5,16-18H2,(H,26,28). The van der Waals surface area contributed by atoms with Crippen LogP contribution >= 0.6 is 0 Å². The molecule has 7 nitrogen and oxygen atoms in total. The molecular formula is C25H24N2O5S. The van der Waals surface area contributed by atoms with Crippen molar-refractivity contribution in [2.45, 2.75) is 24.3 Å². The number of benzene rings is 3. The largest absolute Gasteiger partial charge is 0.457 e. The third kappa shape index (κ3) is 5.47. The number of nitrogens with one attached hydrogen (secondary N) is 1. The second-order valence-electron chi connectivity index (χ2n) is 7.73. The molecule has 1 aliphatic rings. The van der Waals surface area contributed by atoms with Crippen molar-refractivity contribution in [2.24, 2.45) is 0 Å². The Bertz CT molecular complexity index is 1220. The molecule has 8 heteroatoms. The topological polar surface area (TPSA) is 92.8 Å². The first-order chi connectivity index (χ1) is 15.9. The highest BCUT2D eigenvalue weighted by atomic mass is 32.2. The SMILES string of the molecule is O=C(Nc1ccccc1)c1ccc(COC(=O)c2ccc(S(=O)(=O)N3CCCC3)cc2)cc1. The Hall–Kier alpha value is -3.49. The number of rotatable bonds is 7. The summed E-state index contributed by atoms with van der Waals surface area (Å²) in [5.74, 6) is -0.778. The van der Waals surface area contributed by atoms with Crippen LogP contribution in [0, 0.1) is 0 Å². The predicted octanol–water partition coefficient (Wildman–Crippen LogP) is 4.08. The molecule has 0 radical (unpaired) electrons. The first-order valence-corrected chi connectivity index (χ1v) is 12.1. The van der Waals surface area contributed by atoms with Crippen LogP contribution in [0.25, 0.3) is 0 Å². The maximum atomic E-state index is 12.6. The first-order valence-electron chi connectivity index (χ1n) is 10.7. The molecule has 1 amide bonds. The van der Waals surface area contributed by atoms with Crippen molar-refractivity contribution in [1.82, 2.24) is 4.31 Å². The lowest BCUT2D eigenvalue weighted by Gasteiger charge is -2.15. The van der Waals surface area contributed by atoms with Crippen molar-refractivity contribution in [1.29, 1.82) is 0 Å². The molecule has 1 aliphatic heterocycles. The molecule has 0 spiro atoms. The lowest BCUT2D eigenvalue weighted by molar-refractivity contribution is 0.0472. The summed E-state index contributed by atoms with van der Waals surface area (Å²) >= 11 is 0. The highest BCUT2D eigenvalue weighted by molar-refractivity contribution is 7.89. The summed E-state index contributed by atoms with van der Waals surface area (Å²) in [5, 5.41) is 2.81. The van der Waals surface area contributed by atoms with Crippen LogP contribution in [0.3, 0.4) is 0 Å². The lowest BCUT2D eigenvalue weighted by atomic mass is 10.1. The zero-order chi connectivity index (χ0) is 23.3. The maximum absolute atomic E-state index is 12.6. The van der Waals surface area contributed by atoms with Gasteiger partial charge in [0, 0.05) is 24.3 Å². The fraction of sp³-hybridized carbons (Fsp3) is 0.200. The van der Waals surface area contributed by atoms with E-state index < -0.39 is 16.0 Å². The molecule has 3 aromatic carbocycles. The van der Waals surface area contributed by atoms with Gasteiger partial charge >= 0.3 is 5.97 Å². The van der Waals surface area contributed by atoms with E-state index in [2.05, 4.69) is 5.32 Å². The normalized spacial score (nSPS) is 14.1. The van der Waals surface area contributed by atoms with Gasteiger partial charge in [0.1, 0.15) is 6.61 Å². The van der Waals surface area contributed by atoms with Gasteiger partial charge in [0.25, 0.3) is 5.91 Å². The zero-order valence-corrected chi connectivity index (χ0v) is 18.8. The van der Waals surface area contributed by atoms with Gasteiger partial charge in [-0.1, -0.05) is 30.3 Å². The molecule has 0 atom stereocenters. The summed E-state index contributed by atoms with van der Waals surface area (Å²) in [6, 6.07) is 21.7. The number of nitrogens with zero attached hydrogens (tertiary/aromatic N) is 1. The summed E-state index contributed by atoms with van der Waals surface area (Å²) in [5.41, 5.74) is 2.20. The van der Waals surface area contributed by atoms with Gasteiger partial charge in [-0.3, -0.25) is 4.79 Å². The van der Waals surface area contributed by atoms with E-state index in [4.69, 9.17) is 4.74 Å². The Balaban J connectivity index is 1.32. The van der Waals surface area contributed by atoms with Crippen LogP contribution in [0.2, 0.25) is 0 Å². The minimum absolute atomic E-state index is 0.0350. The minimum atomic E-state index is -3.52. The third-order valence-electron chi connectivity index (χ3n) is 5.41. The molecule has 0 unspecified atom stereocenters. The van der Waals surface area contributed by atoms with E-state index in [1.165, 1.54) is 28.6 Å². The second kappa shape index (κ2) is 9.97. The van der Waals surface area contributed by atoms with Crippen LogP contribution in [0.5, 0.6) is 0 Å². The second-order valence-corrected chi connectivity index (χ2v) is 9.67. The van der Waals surface area contributed by atoms with Crippen LogP contribution in [0.4, 0.5) is 5.69 Å². The quantitative estimate of drug-likeness (QED) is 0.532. The molecule has 33 heavy (non-hydrogen) atoms. The number of ether oxygens (including phenoxy) is 1. The minimum Gasteiger partial charge on any atom is -0.457 e. The molecule has 0 saturated carbocycles. The van der Waals surface area contributed by atoms with E-state index in [0.29, 0.717) is 24.3 Å². The molecule has 0 aliphatic carbocycles. The van der Waals surface area contributed by atoms with Crippen molar-refractivity contribution in [2.75, 3.05) is 18.4 Å². The molecular weight excluding hydrogens is 440 g/mol. The Morgan fingerprint density at radius 2 is 1.42 bits per heavy atom. The van der Waals surface area contributed by atoms with Gasteiger partial charge in [-0.25, -0.2) is 13.2 Å². The van der Waals surface area contributed by atoms with E-state index in [1.54, 1.807) is 36.4 Å². The number of hydrogen-bond donors (Lipinski definition) is 1. The highest BCUT2D eigenvalue weighted by Crippen LogP contribution is 2.21. The number of carbonyl (C=O) groups excluding carboxylic acids is 2. The highest BCUT2D eigenvalue weighted by Gasteiger charge is 2.27. The number of hydrogen-bond acceptors (Lipinski definition) is 5. The molecule has 1 heterocycles. The first kappa shape index (κ1) is 22.7. The molecule has 3 aromatic rings. The molecule has 170 valence electrons. The van der Waals surface area contributed by atoms with E-state index in [0.717, 1.165) is 18.4 Å². The van der Waals surface area contributed by atoms with Crippen molar-refractivity contribution >= 4 is 27.6 Å². The average Bonchev–Trinajstić information content (AvgIpc) is 3.40. The number of para-hydroxylation sites is 1. The zero-order valence-electron chi connectivity index (χ0n) is 17.9. The van der Waals surface area contributed by atoms with E-state index in [1.807, 2.05) is 18.2 Å². The number of esters is 1. The van der Waals surface area contributed by atoms with Gasteiger partial charge in [-0.2, -0.15) is 4.31 Å². The Morgan fingerprint density at radius 3 is 2.06 bits per heavy atom. The van der Waals surface area contributed by atoms with E-state index in [-0.39, 0.29) is 23.0 Å². The van der Waals surface area contributed by atoms with Gasteiger partial charge in [0.05, 0.1) is 10.5 Å². The summed E-state index contributed by atoms with van der Waals surface area (Å²) in [7, 11) is -3.52. The number of carbonyl (C=O) groups is 2. The van der Waals surface area contributed by atoms with Crippen LogP contribution < -0.4 is 5.32 Å². The van der Waals surface area contributed by atoms with Gasteiger partial charge in [-0.05, 0) is 66.9 Å². The van der Waals surface area contributed by atoms with Crippen molar-refractivity contribution < 1.29 is 22.7 Å². The van der Waals surface area contributed by atoms with Crippen LogP contribution in [0.15, 0.2) is 83.8 Å². The molecule has 0 aromatic heterocycles. The lowest BCUT2D eigenvalue weighted by Crippen LogP contribution is -2.27. The van der Waals surface area contributed by atoms with Crippen LogP contribution in [-0.4, -0.2) is 37.7 Å². The molecule has 1 fully saturated rings. The van der Waals surface area contributed by atoms with Gasteiger partial charge in [-0.15, -0.1) is 0 Å². The number of amides is 1. The molecule has 4 rings (SSSR count). The summed E-state index contributed by atoms with van der Waals surface area (Å²) in [6.45, 7) is 1.09. The Morgan fingerprint density at radius 1 is 0.818 bits per heavy atom. The maximum Gasteiger partial charge on any atom is 0.338 e. The fourth-order valence-corrected chi connectivity index (χ4v) is 5.07. The van der Waals surface area contributed by atoms with Crippen molar-refractivity contribution in [3.63, 3.8) is 0 Å². The van der Waals surface area contributed by atoms with E-state index in [9.17, 15) is 18.0 Å². The van der Waals surface area contributed by atoms with Gasteiger partial charge < -0.3 is 10.1 Å². The predicted molar refractivity (Wildman–Crippen MR) is 124 cm³/mol. The fourth-order valence-electron chi connectivity index (χ4n) is 3.55. The van der Waals surface area contributed by atoms with Gasteiger partial charge in [0.2, 0.25) is 10.0 Å². The Labute approximate surface area is 193 Å². The molecule has 0 bridgehead atoms. The van der Waals surface area contributed by atoms with Crippen LogP contribution in [-0.2, 0) is 21.4 Å². The molecule has 1 N–H and O–H groups in total. The van der Waals surface area contributed by atoms with Crippen molar-refractivity contribution in [3.05, 3.63) is 95.6 Å². The third-order valence-corrected chi connectivity index (χ3v) is 7.32. The monoisotopic (exact) mass is 464 g/mol. The smallest absolute Gasteiger partial charge is 0.338 e. The van der Waals surface area contributed by atoms with Gasteiger partial charge in [0.15, 0.2) is 0 Å². The summed E-state index contributed by atoms with van der Waals surface area (Å²) < 4.78 is 32.0. The number of anilines is 1. The van der Waals surface area contributed by atoms with Crippen LogP contribution in [0.1, 0.15) is 39.1 Å². The number of sulfonamides is 1. The average molecular weight is 465 g/mol. The molecule has 1 saturated heterocycles.